The van der Waals surface area contributed by atoms with Crippen molar-refractivity contribution in [1.82, 2.24) is 0 Å². The van der Waals surface area contributed by atoms with Crippen LogP contribution >= 0.6 is 18.5 Å². The quantitative estimate of drug-likeness (QED) is 0.447. The molecule has 0 spiro atoms. The maximum atomic E-state index is 10.8. The zero-order valence-corrected chi connectivity index (χ0v) is 4.39. The molecule has 0 aliphatic heterocycles. The summed E-state index contributed by atoms with van der Waals surface area (Å²) >= 11 is -0.000000000000000222. The van der Waals surface area contributed by atoms with Crippen LogP contribution in [0.5, 0.6) is 0 Å². The van der Waals surface area contributed by atoms with E-state index in [0.717, 1.165) is 0 Å². The van der Waals surface area contributed by atoms with Crippen LogP contribution in [0.3, 0.4) is 0 Å². The summed E-state index contributed by atoms with van der Waals surface area (Å²) in [7, 11) is 0. The van der Waals surface area contributed by atoms with E-state index in [2.05, 4.69) is 0 Å². The first-order valence-corrected chi connectivity index (χ1v) is 4.05. The molecule has 0 aliphatic rings. The molecule has 0 aliphatic carbocycles. The van der Waals surface area contributed by atoms with Gasteiger partial charge in [-0.15, -0.1) is 0 Å². The van der Waals surface area contributed by atoms with Gasteiger partial charge in [-0.2, -0.15) is 3.89 Å². The molecule has 4 heteroatoms. The lowest BCUT2D eigenvalue weighted by Crippen LogP contribution is -1.21. The average molecular weight is 111 g/mol. The maximum Gasteiger partial charge on any atom is 0.134 e. The van der Waals surface area contributed by atoms with Gasteiger partial charge in [-0.05, 0) is 0 Å². The van der Waals surface area contributed by atoms with Crippen molar-refractivity contribution in [2.24, 2.45) is 0 Å². The number of halogens is 1. The molecule has 0 N–H and O–H groups in total. The molecule has 30 valence electrons. The number of rotatable bonds is 0. The topological polar surface area (TPSA) is 23.8 Å². The third kappa shape index (κ3) is 4.29. The van der Waals surface area contributed by atoms with E-state index in [-0.39, 0.29) is 11.8 Å². The van der Waals surface area contributed by atoms with E-state index < -0.39 is 6.76 Å². The first kappa shape index (κ1) is 5.29. The van der Waals surface area contributed by atoms with Gasteiger partial charge in [-0.1, -0.05) is 0 Å². The molecule has 0 saturated carbocycles. The van der Waals surface area contributed by atoms with Crippen molar-refractivity contribution in [3.8, 4) is 0 Å². The van der Waals surface area contributed by atoms with Crippen LogP contribution in [0, 0.1) is 5.00 Å². The normalized spacial score (nSPS) is 11.0. The second-order valence-electron chi connectivity index (χ2n) is 0.533. The van der Waals surface area contributed by atoms with E-state index in [4.69, 9.17) is 5.00 Å². The molecular formula is CH3FNPS. The van der Waals surface area contributed by atoms with Crippen molar-refractivity contribution in [1.29, 1.82) is 5.00 Å². The Labute approximate surface area is 35.0 Å². The van der Waals surface area contributed by atoms with Crippen molar-refractivity contribution < 1.29 is 3.89 Å². The maximum absolute atomic E-state index is 10.8. The van der Waals surface area contributed by atoms with E-state index >= 15 is 0 Å². The Kier molecular flexibility index (Phi) is 2.67. The van der Waals surface area contributed by atoms with Crippen molar-refractivity contribution in [3.05, 3.63) is 0 Å². The summed E-state index contributed by atoms with van der Waals surface area (Å²) in [6.45, 7) is 0.0823. The molecule has 0 rings (SSSR count). The van der Waals surface area contributed by atoms with Crippen LogP contribution in [0.1, 0.15) is 0 Å². The van der Waals surface area contributed by atoms with Gasteiger partial charge >= 0.3 is 0 Å². The summed E-state index contributed by atoms with van der Waals surface area (Å²) < 4.78 is 10.8. The third-order valence-corrected chi connectivity index (χ3v) is 0.899. The largest absolute Gasteiger partial charge is 0.231 e. The monoisotopic (exact) mass is 111 g/mol. The summed E-state index contributed by atoms with van der Waals surface area (Å²) in [5, 5.41) is 8.01. The Morgan fingerprint density at radius 3 is 2.20 bits per heavy atom. The number of hydrogen-bond donors (Lipinski definition) is 0. The van der Waals surface area contributed by atoms with Crippen LogP contribution in [0.4, 0.5) is 3.89 Å². The lowest BCUT2D eigenvalue weighted by Gasteiger charge is -1.63. The molecule has 0 radical (unpaired) electrons. The van der Waals surface area contributed by atoms with E-state index in [1.54, 1.807) is 0 Å². The molecular weight excluding hydrogens is 108 g/mol. The molecule has 0 fully saturated rings. The molecule has 1 nitrogen and oxygen atoms in total. The smallest absolute Gasteiger partial charge is 0.134 e. The molecule has 0 aromatic rings. The van der Waals surface area contributed by atoms with E-state index in [1.165, 1.54) is 6.66 Å². The fourth-order valence-electron chi connectivity index (χ4n) is 0. The van der Waals surface area contributed by atoms with Crippen LogP contribution in [0.15, 0.2) is 0 Å². The van der Waals surface area contributed by atoms with Gasteiger partial charge in [-0.3, -0.25) is 0 Å². The Balaban J connectivity index is 2.97. The second-order valence-corrected chi connectivity index (χ2v) is 3.60. The van der Waals surface area contributed by atoms with Crippen LogP contribution in [0.2, 0.25) is 0 Å². The molecule has 0 aromatic heterocycles. The lowest BCUT2D eigenvalue weighted by molar-refractivity contribution is 0.953. The predicted octanol–water partition coefficient (Wildman–Crippen LogP) is 2.11. The lowest BCUT2D eigenvalue weighted by atomic mass is 12.0. The number of hydrogen-bond acceptors (Lipinski definition) is 2. The average Bonchev–Trinajstić information content (AvgIpc) is 1.38. The molecule has 1 unspecified atom stereocenters. The van der Waals surface area contributed by atoms with E-state index in [1.807, 2.05) is 0 Å². The van der Waals surface area contributed by atoms with Crippen molar-refractivity contribution in [2.75, 3.05) is 6.66 Å². The van der Waals surface area contributed by atoms with Gasteiger partial charge in [0.25, 0.3) is 0 Å². The molecule has 0 amide bonds. The van der Waals surface area contributed by atoms with Gasteiger partial charge in [0.15, 0.2) is 0 Å². The Hall–Kier alpha value is 0.290. The second kappa shape index (κ2) is 2.52. The SMILES string of the molecule is CP(#N)SF. The van der Waals surface area contributed by atoms with Crippen LogP contribution in [0.25, 0.3) is 0 Å². The molecule has 0 aromatic carbocycles. The van der Waals surface area contributed by atoms with Gasteiger partial charge in [0.1, 0.15) is 18.5 Å². The summed E-state index contributed by atoms with van der Waals surface area (Å²) in [5.41, 5.74) is 0. The van der Waals surface area contributed by atoms with Crippen molar-refractivity contribution in [2.45, 2.75) is 0 Å². The molecule has 1 atom stereocenters. The fourth-order valence-corrected chi connectivity index (χ4v) is 0. The minimum absolute atomic E-state index is 0.000000000000000222. The molecule has 0 saturated heterocycles. The highest BCUT2D eigenvalue weighted by Crippen LogP contribution is 2.30. The molecule has 0 bridgehead atoms. The fraction of sp³-hybridized carbons (Fsp3) is 1.00. The van der Waals surface area contributed by atoms with Crippen molar-refractivity contribution >= 4 is 18.5 Å². The Morgan fingerprint density at radius 2 is 2.20 bits per heavy atom. The van der Waals surface area contributed by atoms with E-state index in [0.29, 0.717) is 0 Å². The van der Waals surface area contributed by atoms with Crippen molar-refractivity contribution in [3.63, 3.8) is 0 Å². The minimum atomic E-state index is -1.35. The van der Waals surface area contributed by atoms with Gasteiger partial charge in [0.05, 0.1) is 0 Å². The van der Waals surface area contributed by atoms with Crippen LogP contribution < -0.4 is 0 Å². The zero-order valence-electron chi connectivity index (χ0n) is 2.68. The molecule has 0 heterocycles. The highest BCUT2D eigenvalue weighted by Gasteiger charge is 1.77. The predicted molar refractivity (Wildman–Crippen MR) is 23.3 cm³/mol. The van der Waals surface area contributed by atoms with Crippen LogP contribution in [-0.4, -0.2) is 6.66 Å². The third-order valence-electron chi connectivity index (χ3n) is 0.0999. The summed E-state index contributed by atoms with van der Waals surface area (Å²) in [6, 6.07) is 0. The first-order chi connectivity index (χ1) is 2.27. The highest BCUT2D eigenvalue weighted by molar-refractivity contribution is 8.48. The zero-order chi connectivity index (χ0) is 4.28. The summed E-state index contributed by atoms with van der Waals surface area (Å²) in [4.78, 5) is 0. The summed E-state index contributed by atoms with van der Waals surface area (Å²) in [6.07, 6.45) is 0. The van der Waals surface area contributed by atoms with Gasteiger partial charge in [0, 0.05) is 6.66 Å². The van der Waals surface area contributed by atoms with Gasteiger partial charge in [-0.25, -0.2) is 5.00 Å². The number of nitrogens with zero attached hydrogens (tertiary/aromatic N) is 1. The Bertz CT molecular complexity index is 73.5. The Morgan fingerprint density at radius 1 is 2.00 bits per heavy atom. The summed E-state index contributed by atoms with van der Waals surface area (Å²) in [5.74, 6) is 0. The minimum Gasteiger partial charge on any atom is -0.231 e. The van der Waals surface area contributed by atoms with Crippen LogP contribution in [-0.2, 0) is 0 Å². The standard InChI is InChI=1S/CH3FNPS/c1-4(3)5-2/h1H3. The van der Waals surface area contributed by atoms with Gasteiger partial charge in [0.2, 0.25) is 0 Å². The first-order valence-electron chi connectivity index (χ1n) is 0.984. The van der Waals surface area contributed by atoms with Gasteiger partial charge < -0.3 is 0 Å². The highest BCUT2D eigenvalue weighted by atomic mass is 32.7. The van der Waals surface area contributed by atoms with E-state index in [9.17, 15) is 3.89 Å². The molecule has 5 heavy (non-hydrogen) atoms.